The van der Waals surface area contributed by atoms with Crippen LogP contribution in [-0.4, -0.2) is 4.92 Å². The Bertz CT molecular complexity index is 665. The number of halogens is 3. The van der Waals surface area contributed by atoms with Crippen molar-refractivity contribution >= 4 is 27.3 Å². The Kier molecular flexibility index (Phi) is 4.29. The monoisotopic (exact) mass is 342 g/mol. The number of nitrogens with one attached hydrogen (secondary N) is 1. The van der Waals surface area contributed by atoms with Crippen LogP contribution in [0.5, 0.6) is 0 Å². The zero-order valence-corrected chi connectivity index (χ0v) is 11.7. The molecule has 0 heterocycles. The number of nitro groups is 1. The van der Waals surface area contributed by atoms with Crippen molar-refractivity contribution in [2.45, 2.75) is 6.54 Å². The van der Waals surface area contributed by atoms with E-state index < -0.39 is 16.6 Å². The van der Waals surface area contributed by atoms with Crippen molar-refractivity contribution in [3.05, 3.63) is 68.2 Å². The topological polar surface area (TPSA) is 55.2 Å². The van der Waals surface area contributed by atoms with Gasteiger partial charge in [0, 0.05) is 23.2 Å². The molecule has 0 radical (unpaired) electrons. The molecule has 0 saturated heterocycles. The van der Waals surface area contributed by atoms with E-state index in [2.05, 4.69) is 21.2 Å². The second-order valence-electron chi connectivity index (χ2n) is 4.02. The molecule has 0 bridgehead atoms. The number of hydrogen-bond acceptors (Lipinski definition) is 3. The van der Waals surface area contributed by atoms with Crippen LogP contribution >= 0.6 is 15.9 Å². The van der Waals surface area contributed by atoms with Gasteiger partial charge >= 0.3 is 0 Å². The highest BCUT2D eigenvalue weighted by molar-refractivity contribution is 9.10. The molecule has 0 aliphatic heterocycles. The summed E-state index contributed by atoms with van der Waals surface area (Å²) in [5, 5.41) is 13.6. The fourth-order valence-electron chi connectivity index (χ4n) is 1.61. The lowest BCUT2D eigenvalue weighted by molar-refractivity contribution is -0.384. The first-order valence-corrected chi connectivity index (χ1v) is 6.38. The molecule has 20 heavy (non-hydrogen) atoms. The number of rotatable bonds is 4. The number of benzene rings is 2. The zero-order valence-electron chi connectivity index (χ0n) is 10.1. The van der Waals surface area contributed by atoms with Gasteiger partial charge in [0.15, 0.2) is 11.6 Å². The highest BCUT2D eigenvalue weighted by Crippen LogP contribution is 2.27. The van der Waals surface area contributed by atoms with Gasteiger partial charge < -0.3 is 5.32 Å². The van der Waals surface area contributed by atoms with Gasteiger partial charge in [-0.1, -0.05) is 6.07 Å². The first kappa shape index (κ1) is 14.4. The van der Waals surface area contributed by atoms with Crippen molar-refractivity contribution in [2.75, 3.05) is 5.32 Å². The number of nitrogens with zero attached hydrogens (tertiary/aromatic N) is 1. The standard InChI is InChI=1S/C13H9BrF2N2O2/c14-10-3-2-9(18(19)20)6-13(10)17-7-8-1-4-11(15)12(16)5-8/h1-6,17H,7H2. The summed E-state index contributed by atoms with van der Waals surface area (Å²) in [4.78, 5) is 10.2. The van der Waals surface area contributed by atoms with Crippen LogP contribution in [0.1, 0.15) is 5.56 Å². The van der Waals surface area contributed by atoms with E-state index in [0.717, 1.165) is 12.1 Å². The molecule has 0 aliphatic carbocycles. The highest BCUT2D eigenvalue weighted by atomic mass is 79.9. The van der Waals surface area contributed by atoms with Crippen molar-refractivity contribution in [1.82, 2.24) is 0 Å². The van der Waals surface area contributed by atoms with Crippen LogP contribution in [0.15, 0.2) is 40.9 Å². The lowest BCUT2D eigenvalue weighted by Gasteiger charge is -2.08. The first-order chi connectivity index (χ1) is 9.47. The van der Waals surface area contributed by atoms with Gasteiger partial charge in [0.2, 0.25) is 0 Å². The van der Waals surface area contributed by atoms with Gasteiger partial charge in [-0.15, -0.1) is 0 Å². The molecule has 2 rings (SSSR count). The Hall–Kier alpha value is -2.02. The molecular weight excluding hydrogens is 334 g/mol. The maximum atomic E-state index is 13.1. The van der Waals surface area contributed by atoms with E-state index in [1.807, 2.05) is 0 Å². The van der Waals surface area contributed by atoms with Gasteiger partial charge in [-0.3, -0.25) is 10.1 Å². The minimum Gasteiger partial charge on any atom is -0.380 e. The van der Waals surface area contributed by atoms with E-state index in [-0.39, 0.29) is 12.2 Å². The molecular formula is C13H9BrF2N2O2. The average molecular weight is 343 g/mol. The van der Waals surface area contributed by atoms with E-state index in [9.17, 15) is 18.9 Å². The molecule has 0 fully saturated rings. The molecule has 0 amide bonds. The van der Waals surface area contributed by atoms with Crippen molar-refractivity contribution in [2.24, 2.45) is 0 Å². The Labute approximate surface area is 121 Å². The molecule has 0 unspecified atom stereocenters. The normalized spacial score (nSPS) is 10.3. The Morgan fingerprint density at radius 1 is 1.15 bits per heavy atom. The molecule has 7 heteroatoms. The Balaban J connectivity index is 2.15. The fraction of sp³-hybridized carbons (Fsp3) is 0.0769. The van der Waals surface area contributed by atoms with Crippen molar-refractivity contribution in [1.29, 1.82) is 0 Å². The van der Waals surface area contributed by atoms with E-state index >= 15 is 0 Å². The van der Waals surface area contributed by atoms with Crippen molar-refractivity contribution < 1.29 is 13.7 Å². The Morgan fingerprint density at radius 2 is 1.90 bits per heavy atom. The van der Waals surface area contributed by atoms with Crippen LogP contribution in [0.3, 0.4) is 0 Å². The molecule has 0 aliphatic rings. The van der Waals surface area contributed by atoms with E-state index in [4.69, 9.17) is 0 Å². The summed E-state index contributed by atoms with van der Waals surface area (Å²) in [6.45, 7) is 0.219. The summed E-state index contributed by atoms with van der Waals surface area (Å²) in [5.74, 6) is -1.84. The first-order valence-electron chi connectivity index (χ1n) is 5.59. The van der Waals surface area contributed by atoms with Crippen LogP contribution < -0.4 is 5.32 Å². The second-order valence-corrected chi connectivity index (χ2v) is 4.88. The summed E-state index contributed by atoms with van der Waals surface area (Å²) in [5.41, 5.74) is 0.979. The maximum absolute atomic E-state index is 13.1. The molecule has 0 atom stereocenters. The summed E-state index contributed by atoms with van der Waals surface area (Å²) in [6.07, 6.45) is 0. The van der Waals surface area contributed by atoms with Crippen molar-refractivity contribution in [3.63, 3.8) is 0 Å². The van der Waals surface area contributed by atoms with Gasteiger partial charge in [0.05, 0.1) is 10.6 Å². The minimum absolute atomic E-state index is 0.0546. The molecule has 4 nitrogen and oxygen atoms in total. The molecule has 0 saturated carbocycles. The molecule has 0 spiro atoms. The quantitative estimate of drug-likeness (QED) is 0.667. The number of hydrogen-bond donors (Lipinski definition) is 1. The summed E-state index contributed by atoms with van der Waals surface area (Å²) in [7, 11) is 0. The van der Waals surface area contributed by atoms with Crippen LogP contribution in [0.4, 0.5) is 20.2 Å². The average Bonchev–Trinajstić information content (AvgIpc) is 2.41. The SMILES string of the molecule is O=[N+]([O-])c1ccc(Br)c(NCc2ccc(F)c(F)c2)c1. The fourth-order valence-corrected chi connectivity index (χ4v) is 2.00. The maximum Gasteiger partial charge on any atom is 0.271 e. The smallest absolute Gasteiger partial charge is 0.271 e. The summed E-state index contributed by atoms with van der Waals surface area (Å²) >= 11 is 3.26. The third-order valence-corrected chi connectivity index (χ3v) is 3.32. The zero-order chi connectivity index (χ0) is 14.7. The predicted molar refractivity (Wildman–Crippen MR) is 74.5 cm³/mol. The van der Waals surface area contributed by atoms with Crippen LogP contribution in [0.2, 0.25) is 0 Å². The van der Waals surface area contributed by atoms with Gasteiger partial charge in [-0.2, -0.15) is 0 Å². The van der Waals surface area contributed by atoms with Gasteiger partial charge in [-0.05, 0) is 39.7 Å². The number of nitro benzene ring substituents is 1. The minimum atomic E-state index is -0.928. The molecule has 104 valence electrons. The second kappa shape index (κ2) is 5.96. The summed E-state index contributed by atoms with van der Waals surface area (Å²) in [6, 6.07) is 7.83. The molecule has 0 aromatic heterocycles. The van der Waals surface area contributed by atoms with Crippen LogP contribution in [0.25, 0.3) is 0 Å². The van der Waals surface area contributed by atoms with Crippen molar-refractivity contribution in [3.8, 4) is 0 Å². The van der Waals surface area contributed by atoms with E-state index in [1.54, 1.807) is 6.07 Å². The lowest BCUT2D eigenvalue weighted by atomic mass is 10.2. The van der Waals surface area contributed by atoms with Gasteiger partial charge in [0.25, 0.3) is 5.69 Å². The van der Waals surface area contributed by atoms with Crippen LogP contribution in [-0.2, 0) is 6.54 Å². The van der Waals surface area contributed by atoms with E-state index in [0.29, 0.717) is 15.7 Å². The molecule has 1 N–H and O–H groups in total. The highest BCUT2D eigenvalue weighted by Gasteiger charge is 2.09. The van der Waals surface area contributed by atoms with E-state index in [1.165, 1.54) is 18.2 Å². The number of anilines is 1. The summed E-state index contributed by atoms with van der Waals surface area (Å²) < 4.78 is 26.5. The van der Waals surface area contributed by atoms with Gasteiger partial charge in [-0.25, -0.2) is 8.78 Å². The van der Waals surface area contributed by atoms with Crippen LogP contribution in [0, 0.1) is 21.7 Å². The largest absolute Gasteiger partial charge is 0.380 e. The predicted octanol–water partition coefficient (Wildman–Crippen LogP) is 4.25. The third-order valence-electron chi connectivity index (χ3n) is 2.63. The third kappa shape index (κ3) is 3.30. The molecule has 2 aromatic carbocycles. The van der Waals surface area contributed by atoms with Gasteiger partial charge in [0.1, 0.15) is 0 Å². The number of non-ortho nitro benzene ring substituents is 1. The lowest BCUT2D eigenvalue weighted by Crippen LogP contribution is -2.02. The molecule has 2 aromatic rings. The Morgan fingerprint density at radius 3 is 2.55 bits per heavy atom.